The lowest BCUT2D eigenvalue weighted by Crippen LogP contribution is -2.65. The smallest absolute Gasteiger partial charge is 0.402 e. The first-order valence-corrected chi connectivity index (χ1v) is 37.9. The van der Waals surface area contributed by atoms with Crippen LogP contribution in [0, 0.1) is 0 Å². The second-order valence-corrected chi connectivity index (χ2v) is 29.1. The number of benzene rings is 5. The summed E-state index contributed by atoms with van der Waals surface area (Å²) in [5, 5.41) is 267. The Morgan fingerprint density at radius 3 is 1.13 bits per heavy atom. The molecule has 6 saturated heterocycles. The van der Waals surface area contributed by atoms with Gasteiger partial charge in [0.1, 0.15) is 177 Å². The minimum atomic E-state index is -2.33. The number of fused-ring (bicyclic) bond motifs is 1. The second kappa shape index (κ2) is 40.4. The summed E-state index contributed by atoms with van der Waals surface area (Å²) < 4.78 is 97.1. The molecule has 5 aromatic carbocycles. The molecule has 7 heterocycles. The van der Waals surface area contributed by atoms with Crippen molar-refractivity contribution in [3.63, 3.8) is 0 Å². The molecule has 6 fully saturated rings. The standard InChI is InChI=1S/C79H90O45/c1-108-42-19-32(8-11-35(42)84)72-45(22-34-40(112-72)20-33(83)21-41(34)114-75-67(103)61(97)55(91)46(23-80)118-75)117-79-73(124-78-71(107)65(101)59(95)50(122-78)27-110-54(90)15-7-31-3-10-37(86)44(18-31)116-77-69(105)63(99)57(93)48(25-82)120-77)66(102)60(96)51(123-79)28-111-52(88)13-5-29-4-12-39(38(87)16-29)113-74-70(106)64(100)58(94)49(121-74)26-109-53(89)14-6-30-2-9-36(85)43(17-30)115-76-68(104)62(98)56(92)47(24-81)119-76/h2-22,46-51,55-71,73-82,91-107H,23-28H2,1H3,(H4-,83,84,85,86,87,89,90)/p+1/b13-5+/t46-,47+,48-,49+,50-,51+,55+,56+,57+,58+,59+,60+,61-,62-,63-,64-,65-,66-,67-,68+,69-,70+,71+,73+,74+,75+,76+,77+,78-,79+/m0/s1. The first kappa shape index (κ1) is 93.0. The monoisotopic (exact) mass is 1760 g/mol. The number of hydrogen-bond donors (Lipinski definition) is 25. The number of methoxy groups -OCH3 is 1. The molecule has 25 N–H and O–H groups in total. The van der Waals surface area contributed by atoms with Crippen LogP contribution in [0.15, 0.2) is 114 Å². The number of ether oxygens (including phenoxy) is 16. The Morgan fingerprint density at radius 2 is 0.694 bits per heavy atom. The van der Waals surface area contributed by atoms with Crippen LogP contribution in [-0.4, -0.2) is 377 Å². The van der Waals surface area contributed by atoms with E-state index in [2.05, 4.69) is 0 Å². The SMILES string of the molecule is COc1cc(-c2[o+]c3cc(O)cc(O[C@@H]4O[C@@H](CO)[C@@H](O)[C@H](O)[C@@H]4O)c3cc2O[C@@H]2O[C@H](COC(=O)/C=C/c3ccc(O[C@@H]4O[C@H](COC(=O)/C=C/c5ccc(O)c(O[C@@H]6O[C@H](CO)[C@@H](O)[C@H](O)[C@H]6O)c5)[C@@H](O)[C@H](O)[C@H]4O)c(O)c3)[C@@H](O)[C@H](O)[C@H]2O[C@@H]2O[C@@H](COC(=O)/C=C/c3ccc(O)c(O[C@@H]4O[C@@H](CO)[C@@H](O)[C@H](O)[C@@H]4O)c3)[C@@H](O)[C@H](O)[C@H]2O)ccc1O. The summed E-state index contributed by atoms with van der Waals surface area (Å²) in [6.45, 7) is -5.13. The molecular weight excluding hydrogens is 1670 g/mol. The number of carbonyl (C=O) groups excluding carboxylic acids is 3. The van der Waals surface area contributed by atoms with Crippen LogP contribution in [0.2, 0.25) is 0 Å². The number of carbonyl (C=O) groups is 3. The Balaban J connectivity index is 0.746. The summed E-state index contributed by atoms with van der Waals surface area (Å²) in [6, 6.07) is 17.5. The predicted octanol–water partition coefficient (Wildman–Crippen LogP) is -6.57. The van der Waals surface area contributed by atoms with Crippen molar-refractivity contribution in [2.45, 2.75) is 184 Å². The zero-order chi connectivity index (χ0) is 89.6. The van der Waals surface area contributed by atoms with Gasteiger partial charge in [-0.1, -0.05) is 18.2 Å². The highest BCUT2D eigenvalue weighted by Gasteiger charge is 2.55. The molecule has 45 heteroatoms. The number of aromatic hydroxyl groups is 5. The van der Waals surface area contributed by atoms with Crippen molar-refractivity contribution in [2.75, 3.05) is 46.8 Å². The molecular formula is C79H91O45+. The first-order valence-electron chi connectivity index (χ1n) is 37.9. The minimum absolute atomic E-state index is 0.00549. The molecule has 124 heavy (non-hydrogen) atoms. The summed E-state index contributed by atoms with van der Waals surface area (Å²) in [5.41, 5.74) is 0.0969. The van der Waals surface area contributed by atoms with Gasteiger partial charge >= 0.3 is 29.3 Å². The van der Waals surface area contributed by atoms with Crippen molar-refractivity contribution < 1.29 is 222 Å². The fourth-order valence-corrected chi connectivity index (χ4v) is 13.6. The molecule has 0 saturated carbocycles. The van der Waals surface area contributed by atoms with E-state index in [0.29, 0.717) is 0 Å². The zero-order valence-corrected chi connectivity index (χ0v) is 64.5. The van der Waals surface area contributed by atoms with Crippen LogP contribution < -0.4 is 28.4 Å². The molecule has 6 aliphatic rings. The first-order chi connectivity index (χ1) is 59.1. The van der Waals surface area contributed by atoms with Gasteiger partial charge in [-0.2, -0.15) is 0 Å². The van der Waals surface area contributed by atoms with E-state index in [0.717, 1.165) is 85.0 Å². The van der Waals surface area contributed by atoms with Crippen molar-refractivity contribution >= 4 is 47.1 Å². The summed E-state index contributed by atoms with van der Waals surface area (Å²) in [4.78, 5) is 39.8. The van der Waals surface area contributed by atoms with Gasteiger partial charge in [0.25, 0.3) is 0 Å². The molecule has 45 nitrogen and oxygen atoms in total. The summed E-state index contributed by atoms with van der Waals surface area (Å²) >= 11 is 0. The Kier molecular flexibility index (Phi) is 30.3. The highest BCUT2D eigenvalue weighted by Crippen LogP contribution is 2.45. The molecule has 0 unspecified atom stereocenters. The van der Waals surface area contributed by atoms with Crippen LogP contribution >= 0.6 is 0 Å². The second-order valence-electron chi connectivity index (χ2n) is 29.1. The van der Waals surface area contributed by atoms with Gasteiger partial charge in [-0.05, 0) is 83.4 Å². The number of aliphatic hydroxyl groups excluding tert-OH is 20. The highest BCUT2D eigenvalue weighted by atomic mass is 16.8. The van der Waals surface area contributed by atoms with Gasteiger partial charge in [-0.15, -0.1) is 0 Å². The van der Waals surface area contributed by atoms with E-state index in [-0.39, 0.29) is 56.2 Å². The van der Waals surface area contributed by atoms with Gasteiger partial charge in [0.05, 0.1) is 38.6 Å². The van der Waals surface area contributed by atoms with Crippen molar-refractivity contribution in [2.24, 2.45) is 0 Å². The van der Waals surface area contributed by atoms with E-state index < -0.39 is 288 Å². The number of phenols is 5. The van der Waals surface area contributed by atoms with E-state index in [4.69, 9.17) is 80.2 Å². The Labute approximate surface area is 698 Å². The van der Waals surface area contributed by atoms with Crippen LogP contribution in [0.4, 0.5) is 0 Å². The number of aliphatic hydroxyl groups is 20. The Bertz CT molecular complexity index is 4750. The molecule has 0 radical (unpaired) electrons. The lowest BCUT2D eigenvalue weighted by Gasteiger charge is -2.45. The van der Waals surface area contributed by atoms with Gasteiger partial charge in [0.15, 0.2) is 58.4 Å². The normalized spacial score (nSPS) is 34.0. The van der Waals surface area contributed by atoms with Gasteiger partial charge in [0.2, 0.25) is 37.2 Å². The highest BCUT2D eigenvalue weighted by molar-refractivity contribution is 5.90. The number of phenolic OH excluding ortho intramolecular Hbond substituents is 5. The van der Waals surface area contributed by atoms with Gasteiger partial charge in [-0.3, -0.25) is 0 Å². The maximum Gasteiger partial charge on any atom is 0.402 e. The molecule has 6 aliphatic heterocycles. The number of hydrogen-bond acceptors (Lipinski definition) is 44. The third kappa shape index (κ3) is 21.0. The third-order valence-corrected chi connectivity index (χ3v) is 20.6. The van der Waals surface area contributed by atoms with Crippen LogP contribution in [0.25, 0.3) is 40.5 Å². The van der Waals surface area contributed by atoms with Crippen molar-refractivity contribution in [3.05, 3.63) is 126 Å². The number of rotatable bonds is 29. The van der Waals surface area contributed by atoms with Crippen LogP contribution in [-0.2, 0) is 61.8 Å². The van der Waals surface area contributed by atoms with Crippen molar-refractivity contribution in [3.8, 4) is 74.6 Å². The van der Waals surface area contributed by atoms with Gasteiger partial charge in [-0.25, -0.2) is 18.8 Å². The molecule has 0 bridgehead atoms. The lowest BCUT2D eigenvalue weighted by atomic mass is 9.97. The largest absolute Gasteiger partial charge is 0.507 e. The average molecular weight is 1760 g/mol. The quantitative estimate of drug-likeness (QED) is 0.00898. The molecule has 30 atom stereocenters. The number of esters is 3. The zero-order valence-electron chi connectivity index (χ0n) is 64.5. The topological polar surface area (TPSA) is 716 Å². The Hall–Kier alpha value is -10.1. The van der Waals surface area contributed by atoms with E-state index in [1.165, 1.54) is 49.6 Å². The fraction of sp³-hybridized carbons (Fsp3) is 0.468. The fourth-order valence-electron chi connectivity index (χ4n) is 13.6. The molecule has 676 valence electrons. The van der Waals surface area contributed by atoms with Gasteiger partial charge in [0, 0.05) is 36.4 Å². The molecule has 12 rings (SSSR count). The molecule has 6 aromatic rings. The minimum Gasteiger partial charge on any atom is -0.507 e. The van der Waals surface area contributed by atoms with Crippen LogP contribution in [0.5, 0.6) is 63.2 Å². The summed E-state index contributed by atoms with van der Waals surface area (Å²) in [5.74, 6) is -8.58. The predicted molar refractivity (Wildman–Crippen MR) is 404 cm³/mol. The van der Waals surface area contributed by atoms with E-state index in [1.807, 2.05) is 0 Å². The van der Waals surface area contributed by atoms with Gasteiger partial charge < -0.3 is 203 Å². The van der Waals surface area contributed by atoms with Crippen LogP contribution in [0.1, 0.15) is 16.7 Å². The maximum absolute atomic E-state index is 13.6. The molecule has 0 spiro atoms. The lowest BCUT2D eigenvalue weighted by molar-refractivity contribution is -0.358. The van der Waals surface area contributed by atoms with E-state index >= 15 is 0 Å². The summed E-state index contributed by atoms with van der Waals surface area (Å²) in [6.07, 6.45) is -50.9. The van der Waals surface area contributed by atoms with Crippen molar-refractivity contribution in [1.82, 2.24) is 0 Å². The molecule has 1 aromatic heterocycles. The average Bonchev–Trinajstić information content (AvgIpc) is 0.757. The molecule has 0 amide bonds. The third-order valence-electron chi connectivity index (χ3n) is 20.6. The van der Waals surface area contributed by atoms with Crippen molar-refractivity contribution in [1.29, 1.82) is 0 Å². The van der Waals surface area contributed by atoms with Crippen LogP contribution in [0.3, 0.4) is 0 Å². The van der Waals surface area contributed by atoms with E-state index in [9.17, 15) is 142 Å². The Morgan fingerprint density at radius 1 is 0.339 bits per heavy atom. The van der Waals surface area contributed by atoms with E-state index in [1.54, 1.807) is 0 Å². The molecule has 0 aliphatic carbocycles. The maximum atomic E-state index is 13.6. The summed E-state index contributed by atoms with van der Waals surface area (Å²) in [7, 11) is 1.20.